The highest BCUT2D eigenvalue weighted by Crippen LogP contribution is 2.22. The molecule has 1 aromatic carbocycles. The Morgan fingerprint density at radius 2 is 2.00 bits per heavy atom. The fourth-order valence-electron chi connectivity index (χ4n) is 2.77. The summed E-state index contributed by atoms with van der Waals surface area (Å²) in [6.07, 6.45) is 0. The first-order valence-electron chi connectivity index (χ1n) is 8.23. The zero-order valence-corrected chi connectivity index (χ0v) is 14.4. The Labute approximate surface area is 146 Å². The lowest BCUT2D eigenvalue weighted by molar-refractivity contribution is -0.124. The molecule has 1 atom stereocenters. The van der Waals surface area contributed by atoms with Crippen LogP contribution >= 0.6 is 0 Å². The summed E-state index contributed by atoms with van der Waals surface area (Å²) in [4.78, 5) is 27.4. The molecule has 25 heavy (non-hydrogen) atoms. The lowest BCUT2D eigenvalue weighted by Gasteiger charge is -2.38. The van der Waals surface area contributed by atoms with Crippen LogP contribution in [0.4, 0.5) is 14.9 Å². The van der Waals surface area contributed by atoms with E-state index in [1.165, 1.54) is 6.07 Å². The van der Waals surface area contributed by atoms with Gasteiger partial charge in [0.2, 0.25) is 5.91 Å². The van der Waals surface area contributed by atoms with Crippen molar-refractivity contribution in [2.24, 2.45) is 0 Å². The predicted molar refractivity (Wildman–Crippen MR) is 91.6 cm³/mol. The van der Waals surface area contributed by atoms with Crippen LogP contribution in [0.25, 0.3) is 0 Å². The van der Waals surface area contributed by atoms with Gasteiger partial charge in [0.15, 0.2) is 0 Å². The molecule has 1 aliphatic rings. The van der Waals surface area contributed by atoms with Crippen LogP contribution in [-0.2, 0) is 4.79 Å². The molecule has 2 rings (SSSR count). The van der Waals surface area contributed by atoms with Crippen molar-refractivity contribution in [2.45, 2.75) is 19.9 Å². The summed E-state index contributed by atoms with van der Waals surface area (Å²) in [5, 5.41) is 13.6. The molecule has 0 bridgehead atoms. The molecule has 0 aromatic heterocycles. The number of hydrogen-bond acceptors (Lipinski definition) is 5. The number of urea groups is 1. The van der Waals surface area contributed by atoms with Crippen molar-refractivity contribution in [1.82, 2.24) is 15.5 Å². The summed E-state index contributed by atoms with van der Waals surface area (Å²) < 4.78 is 14.1. The highest BCUT2D eigenvalue weighted by atomic mass is 19.1. The van der Waals surface area contributed by atoms with Gasteiger partial charge in [0.25, 0.3) is 0 Å². The second-order valence-electron chi connectivity index (χ2n) is 5.83. The van der Waals surface area contributed by atoms with E-state index in [1.807, 2.05) is 15.9 Å². The molecule has 134 valence electrons. The first-order chi connectivity index (χ1) is 12.0. The third-order valence-corrected chi connectivity index (χ3v) is 4.23. The third kappa shape index (κ3) is 4.67. The van der Waals surface area contributed by atoms with Crippen LogP contribution in [-0.4, -0.2) is 55.6 Å². The summed E-state index contributed by atoms with van der Waals surface area (Å²) in [6, 6.07) is 5.39. The second kappa shape index (κ2) is 8.44. The van der Waals surface area contributed by atoms with E-state index in [4.69, 9.17) is 5.26 Å². The van der Waals surface area contributed by atoms with Gasteiger partial charge in [-0.1, -0.05) is 0 Å². The SMILES string of the molecule is CCNC(=O)NC(=O)C(C)N1CCN(c2ccc(C#N)cc2F)CC1. The van der Waals surface area contributed by atoms with E-state index in [1.54, 1.807) is 26.0 Å². The average Bonchev–Trinajstić information content (AvgIpc) is 2.61. The van der Waals surface area contributed by atoms with Gasteiger partial charge in [-0.05, 0) is 32.0 Å². The molecule has 1 unspecified atom stereocenters. The van der Waals surface area contributed by atoms with E-state index >= 15 is 0 Å². The minimum Gasteiger partial charge on any atom is -0.367 e. The van der Waals surface area contributed by atoms with Crippen molar-refractivity contribution in [3.8, 4) is 6.07 Å². The molecule has 1 saturated heterocycles. The first kappa shape index (κ1) is 18.7. The van der Waals surface area contributed by atoms with E-state index in [-0.39, 0.29) is 11.5 Å². The maximum absolute atomic E-state index is 14.1. The van der Waals surface area contributed by atoms with Crippen LogP contribution in [0.2, 0.25) is 0 Å². The molecule has 1 heterocycles. The molecule has 1 aromatic rings. The molecular formula is C17H22FN5O2. The molecule has 3 amide bonds. The van der Waals surface area contributed by atoms with Crippen molar-refractivity contribution in [3.63, 3.8) is 0 Å². The van der Waals surface area contributed by atoms with Gasteiger partial charge < -0.3 is 10.2 Å². The maximum Gasteiger partial charge on any atom is 0.321 e. The fraction of sp³-hybridized carbons (Fsp3) is 0.471. The molecule has 8 heteroatoms. The number of anilines is 1. The number of benzene rings is 1. The van der Waals surface area contributed by atoms with Crippen molar-refractivity contribution in [2.75, 3.05) is 37.6 Å². The van der Waals surface area contributed by atoms with Gasteiger partial charge in [-0.15, -0.1) is 0 Å². The summed E-state index contributed by atoms with van der Waals surface area (Å²) >= 11 is 0. The predicted octanol–water partition coefficient (Wildman–Crippen LogP) is 1.05. The Morgan fingerprint density at radius 1 is 1.32 bits per heavy atom. The average molecular weight is 347 g/mol. The topological polar surface area (TPSA) is 88.5 Å². The zero-order valence-electron chi connectivity index (χ0n) is 14.4. The molecular weight excluding hydrogens is 325 g/mol. The van der Waals surface area contributed by atoms with Gasteiger partial charge in [-0.25, -0.2) is 9.18 Å². The summed E-state index contributed by atoms with van der Waals surface area (Å²) in [5.74, 6) is -0.779. The minimum atomic E-state index is -0.502. The molecule has 0 saturated carbocycles. The smallest absolute Gasteiger partial charge is 0.321 e. The Hall–Kier alpha value is -2.66. The molecule has 0 aliphatic carbocycles. The minimum absolute atomic E-state index is 0.288. The number of carbonyl (C=O) groups is 2. The van der Waals surface area contributed by atoms with Gasteiger partial charge in [0.05, 0.1) is 23.4 Å². The second-order valence-corrected chi connectivity index (χ2v) is 5.83. The van der Waals surface area contributed by atoms with Crippen molar-refractivity contribution >= 4 is 17.6 Å². The highest BCUT2D eigenvalue weighted by molar-refractivity contribution is 5.96. The van der Waals surface area contributed by atoms with Crippen LogP contribution in [0, 0.1) is 17.1 Å². The van der Waals surface area contributed by atoms with Crippen LogP contribution in [0.3, 0.4) is 0 Å². The number of hydrogen-bond donors (Lipinski definition) is 2. The van der Waals surface area contributed by atoms with Gasteiger partial charge in [0, 0.05) is 32.7 Å². The van der Waals surface area contributed by atoms with Crippen LogP contribution in [0.15, 0.2) is 18.2 Å². The third-order valence-electron chi connectivity index (χ3n) is 4.23. The molecule has 0 spiro atoms. The van der Waals surface area contributed by atoms with E-state index in [0.29, 0.717) is 38.4 Å². The zero-order chi connectivity index (χ0) is 18.4. The maximum atomic E-state index is 14.1. The molecule has 7 nitrogen and oxygen atoms in total. The number of halogens is 1. The van der Waals surface area contributed by atoms with Crippen molar-refractivity contribution in [3.05, 3.63) is 29.6 Å². The first-order valence-corrected chi connectivity index (χ1v) is 8.23. The fourth-order valence-corrected chi connectivity index (χ4v) is 2.77. The summed E-state index contributed by atoms with van der Waals surface area (Å²) in [5.41, 5.74) is 0.744. The normalized spacial score (nSPS) is 16.0. The molecule has 0 radical (unpaired) electrons. The van der Waals surface area contributed by atoms with Crippen LogP contribution in [0.5, 0.6) is 0 Å². The Balaban J connectivity index is 1.92. The monoisotopic (exact) mass is 347 g/mol. The largest absolute Gasteiger partial charge is 0.367 e. The van der Waals surface area contributed by atoms with E-state index in [2.05, 4.69) is 10.6 Å². The summed E-state index contributed by atoms with van der Waals surface area (Å²) in [7, 11) is 0. The standard InChI is InChI=1S/C17H22FN5O2/c1-3-20-17(25)21-16(24)12(2)22-6-8-23(9-7-22)15-5-4-13(11-19)10-14(15)18/h4-5,10,12H,3,6-9H2,1-2H3,(H2,20,21,24,25). The number of amides is 3. The number of imide groups is 1. The Bertz CT molecular complexity index is 680. The van der Waals surface area contributed by atoms with E-state index in [0.717, 1.165) is 0 Å². The number of nitrogens with zero attached hydrogens (tertiary/aromatic N) is 3. The van der Waals surface area contributed by atoms with Crippen LogP contribution in [0.1, 0.15) is 19.4 Å². The van der Waals surface area contributed by atoms with Gasteiger partial charge in [-0.3, -0.25) is 15.0 Å². The Kier molecular flexibility index (Phi) is 6.31. The molecule has 1 fully saturated rings. The molecule has 2 N–H and O–H groups in total. The number of piperazine rings is 1. The van der Waals surface area contributed by atoms with E-state index in [9.17, 15) is 14.0 Å². The number of nitrogens with one attached hydrogen (secondary N) is 2. The number of rotatable bonds is 4. The highest BCUT2D eigenvalue weighted by Gasteiger charge is 2.27. The quantitative estimate of drug-likeness (QED) is 0.850. The van der Waals surface area contributed by atoms with Crippen molar-refractivity contribution in [1.29, 1.82) is 5.26 Å². The Morgan fingerprint density at radius 3 is 2.56 bits per heavy atom. The number of carbonyl (C=O) groups excluding carboxylic acids is 2. The lowest BCUT2D eigenvalue weighted by Crippen LogP contribution is -2.55. The lowest BCUT2D eigenvalue weighted by atomic mass is 10.1. The number of nitriles is 1. The van der Waals surface area contributed by atoms with Crippen molar-refractivity contribution < 1.29 is 14.0 Å². The van der Waals surface area contributed by atoms with Gasteiger partial charge in [-0.2, -0.15) is 5.26 Å². The van der Waals surface area contributed by atoms with E-state index < -0.39 is 17.9 Å². The molecule has 1 aliphatic heterocycles. The summed E-state index contributed by atoms with van der Waals surface area (Å²) in [6.45, 7) is 6.22. The van der Waals surface area contributed by atoms with Crippen LogP contribution < -0.4 is 15.5 Å². The van der Waals surface area contributed by atoms with Gasteiger partial charge >= 0.3 is 6.03 Å². The van der Waals surface area contributed by atoms with Gasteiger partial charge in [0.1, 0.15) is 5.82 Å².